The smallest absolute Gasteiger partial charge is 0.407 e. The van der Waals surface area contributed by atoms with Gasteiger partial charge in [0, 0.05) is 6.92 Å². The SMILES string of the molecule is CC(=O)OCCO[C@H]1C[C@@H](NC(=O)OCc2ccccc2)[C@@H]2OC(C)(C)O[C@@H]21. The number of fused-ring (bicyclic) bond motifs is 1. The van der Waals surface area contributed by atoms with Crippen molar-refractivity contribution in [3.63, 3.8) is 0 Å². The average molecular weight is 393 g/mol. The number of rotatable bonds is 7. The van der Waals surface area contributed by atoms with Crippen LogP contribution in [0, 0.1) is 0 Å². The third kappa shape index (κ3) is 5.43. The molecule has 2 fully saturated rings. The van der Waals surface area contributed by atoms with Crippen LogP contribution < -0.4 is 5.32 Å². The van der Waals surface area contributed by atoms with Crippen LogP contribution in [0.25, 0.3) is 0 Å². The van der Waals surface area contributed by atoms with Crippen LogP contribution in [0.15, 0.2) is 30.3 Å². The Morgan fingerprint density at radius 2 is 1.82 bits per heavy atom. The molecule has 1 aliphatic heterocycles. The standard InChI is InChI=1S/C20H27NO7/c1-13(22)24-9-10-25-16-11-15(17-18(16)28-20(2,3)27-17)21-19(23)26-12-14-7-5-4-6-8-14/h4-8,15-18H,9-12H2,1-3H3,(H,21,23)/t15-,16+,17+,18-/m1/s1. The Morgan fingerprint density at radius 1 is 1.11 bits per heavy atom. The number of amides is 1. The second-order valence-electron chi connectivity index (χ2n) is 7.36. The molecule has 0 unspecified atom stereocenters. The molecule has 3 rings (SSSR count). The molecule has 8 heteroatoms. The Bertz CT molecular complexity index is 678. The van der Waals surface area contributed by atoms with Gasteiger partial charge in [-0.1, -0.05) is 30.3 Å². The molecule has 1 amide bonds. The molecule has 28 heavy (non-hydrogen) atoms. The van der Waals surface area contributed by atoms with Crippen molar-refractivity contribution in [2.75, 3.05) is 13.2 Å². The van der Waals surface area contributed by atoms with Crippen LogP contribution in [-0.4, -0.2) is 55.4 Å². The summed E-state index contributed by atoms with van der Waals surface area (Å²) in [6, 6.07) is 9.17. The monoisotopic (exact) mass is 393 g/mol. The van der Waals surface area contributed by atoms with Gasteiger partial charge < -0.3 is 29.0 Å². The second kappa shape index (κ2) is 8.89. The summed E-state index contributed by atoms with van der Waals surface area (Å²) in [6.45, 7) is 5.62. The van der Waals surface area contributed by atoms with Gasteiger partial charge in [0.2, 0.25) is 0 Å². The fourth-order valence-corrected chi connectivity index (χ4v) is 3.54. The number of ether oxygens (including phenoxy) is 5. The zero-order valence-electron chi connectivity index (χ0n) is 16.4. The zero-order valence-corrected chi connectivity index (χ0v) is 16.4. The van der Waals surface area contributed by atoms with Gasteiger partial charge in [0.25, 0.3) is 0 Å². The summed E-state index contributed by atoms with van der Waals surface area (Å²) in [6.07, 6.45) is -0.917. The van der Waals surface area contributed by atoms with E-state index in [1.54, 1.807) is 0 Å². The zero-order chi connectivity index (χ0) is 20.1. The fraction of sp³-hybridized carbons (Fsp3) is 0.600. The van der Waals surface area contributed by atoms with Crippen molar-refractivity contribution < 1.29 is 33.3 Å². The van der Waals surface area contributed by atoms with Crippen molar-refractivity contribution in [1.82, 2.24) is 5.32 Å². The highest BCUT2D eigenvalue weighted by atomic mass is 16.8. The summed E-state index contributed by atoms with van der Waals surface area (Å²) in [5, 5.41) is 2.87. The number of carbonyl (C=O) groups excluding carboxylic acids is 2. The lowest BCUT2D eigenvalue weighted by Gasteiger charge is -2.24. The number of nitrogens with one attached hydrogen (secondary N) is 1. The highest BCUT2D eigenvalue weighted by Crippen LogP contribution is 2.39. The molecule has 0 bridgehead atoms. The van der Waals surface area contributed by atoms with Crippen molar-refractivity contribution in [3.8, 4) is 0 Å². The molecule has 2 aliphatic rings. The molecular formula is C20H27NO7. The number of esters is 1. The van der Waals surface area contributed by atoms with Gasteiger partial charge in [-0.05, 0) is 25.8 Å². The maximum Gasteiger partial charge on any atom is 0.407 e. The molecule has 0 spiro atoms. The third-order valence-electron chi connectivity index (χ3n) is 4.65. The molecule has 154 valence electrons. The summed E-state index contributed by atoms with van der Waals surface area (Å²) >= 11 is 0. The molecule has 4 atom stereocenters. The van der Waals surface area contributed by atoms with Crippen molar-refractivity contribution in [3.05, 3.63) is 35.9 Å². The molecule has 1 aliphatic carbocycles. The van der Waals surface area contributed by atoms with Gasteiger partial charge in [0.05, 0.1) is 18.8 Å². The Kier molecular flexibility index (Phi) is 6.53. The number of alkyl carbamates (subject to hydrolysis) is 1. The molecule has 8 nitrogen and oxygen atoms in total. The Hall–Kier alpha value is -2.16. The first-order valence-electron chi connectivity index (χ1n) is 9.42. The number of hydrogen-bond acceptors (Lipinski definition) is 7. The predicted octanol–water partition coefficient (Wildman–Crippen LogP) is 2.15. The highest BCUT2D eigenvalue weighted by molar-refractivity contribution is 5.68. The number of carbonyl (C=O) groups is 2. The van der Waals surface area contributed by atoms with Gasteiger partial charge in [-0.25, -0.2) is 4.79 Å². The second-order valence-corrected chi connectivity index (χ2v) is 7.36. The van der Waals surface area contributed by atoms with Gasteiger partial charge in [0.15, 0.2) is 5.79 Å². The van der Waals surface area contributed by atoms with E-state index in [0.29, 0.717) is 6.42 Å². The normalized spacial score (nSPS) is 27.8. The number of benzene rings is 1. The van der Waals surface area contributed by atoms with Crippen molar-refractivity contribution >= 4 is 12.1 Å². The minimum atomic E-state index is -0.763. The van der Waals surface area contributed by atoms with E-state index in [4.69, 9.17) is 23.7 Å². The first-order valence-corrected chi connectivity index (χ1v) is 9.42. The molecule has 1 saturated heterocycles. The molecule has 1 N–H and O–H groups in total. The van der Waals surface area contributed by atoms with Crippen LogP contribution in [-0.2, 0) is 35.1 Å². The van der Waals surface area contributed by atoms with Crippen LogP contribution in [0.2, 0.25) is 0 Å². The molecule has 0 aromatic heterocycles. The quantitative estimate of drug-likeness (QED) is 0.560. The first-order chi connectivity index (χ1) is 13.3. The van der Waals surface area contributed by atoms with Gasteiger partial charge in [-0.3, -0.25) is 4.79 Å². The minimum absolute atomic E-state index is 0.171. The van der Waals surface area contributed by atoms with Crippen molar-refractivity contribution in [2.45, 2.75) is 63.9 Å². The van der Waals surface area contributed by atoms with Gasteiger partial charge in [-0.15, -0.1) is 0 Å². The Balaban J connectivity index is 1.53. The predicted molar refractivity (Wildman–Crippen MR) is 98.4 cm³/mol. The van der Waals surface area contributed by atoms with E-state index >= 15 is 0 Å². The van der Waals surface area contributed by atoms with Crippen LogP contribution >= 0.6 is 0 Å². The lowest BCUT2D eigenvalue weighted by Crippen LogP contribution is -2.43. The number of hydrogen-bond donors (Lipinski definition) is 1. The van der Waals surface area contributed by atoms with E-state index < -0.39 is 11.9 Å². The van der Waals surface area contributed by atoms with E-state index in [1.165, 1.54) is 6.92 Å². The topological polar surface area (TPSA) is 92.3 Å². The Morgan fingerprint density at radius 3 is 2.54 bits per heavy atom. The van der Waals surface area contributed by atoms with E-state index in [1.807, 2.05) is 44.2 Å². The minimum Gasteiger partial charge on any atom is -0.463 e. The van der Waals surface area contributed by atoms with Crippen molar-refractivity contribution in [2.24, 2.45) is 0 Å². The van der Waals surface area contributed by atoms with E-state index in [-0.39, 0.29) is 50.1 Å². The van der Waals surface area contributed by atoms with E-state index in [9.17, 15) is 9.59 Å². The van der Waals surface area contributed by atoms with E-state index in [0.717, 1.165) is 5.56 Å². The summed E-state index contributed by atoms with van der Waals surface area (Å²) in [5.41, 5.74) is 0.912. The maximum atomic E-state index is 12.2. The van der Waals surface area contributed by atoms with Crippen LogP contribution in [0.3, 0.4) is 0 Å². The molecule has 1 aromatic carbocycles. The maximum absolute atomic E-state index is 12.2. The summed E-state index contributed by atoms with van der Waals surface area (Å²) in [4.78, 5) is 23.1. The fourth-order valence-electron chi connectivity index (χ4n) is 3.54. The summed E-state index contributed by atoms with van der Waals surface area (Å²) in [5.74, 6) is -1.11. The van der Waals surface area contributed by atoms with Gasteiger partial charge in [-0.2, -0.15) is 0 Å². The first kappa shape index (κ1) is 20.6. The highest BCUT2D eigenvalue weighted by Gasteiger charge is 2.55. The van der Waals surface area contributed by atoms with Crippen LogP contribution in [0.4, 0.5) is 4.79 Å². The Labute approximate surface area is 164 Å². The molecular weight excluding hydrogens is 366 g/mol. The summed E-state index contributed by atoms with van der Waals surface area (Å²) in [7, 11) is 0. The van der Waals surface area contributed by atoms with Crippen molar-refractivity contribution in [1.29, 1.82) is 0 Å². The molecule has 0 radical (unpaired) electrons. The van der Waals surface area contributed by atoms with E-state index in [2.05, 4.69) is 5.32 Å². The molecule has 1 saturated carbocycles. The third-order valence-corrected chi connectivity index (χ3v) is 4.65. The van der Waals surface area contributed by atoms with Crippen LogP contribution in [0.5, 0.6) is 0 Å². The average Bonchev–Trinajstić information content (AvgIpc) is 3.12. The van der Waals surface area contributed by atoms with Gasteiger partial charge >= 0.3 is 12.1 Å². The summed E-state index contributed by atoms with van der Waals surface area (Å²) < 4.78 is 28.0. The van der Waals surface area contributed by atoms with Gasteiger partial charge in [0.1, 0.15) is 25.4 Å². The lowest BCUT2D eigenvalue weighted by molar-refractivity contribution is -0.170. The largest absolute Gasteiger partial charge is 0.463 e. The lowest BCUT2D eigenvalue weighted by atomic mass is 10.2. The molecule has 1 aromatic rings. The molecule has 1 heterocycles. The van der Waals surface area contributed by atoms with Crippen LogP contribution in [0.1, 0.15) is 32.8 Å².